The smallest absolute Gasteiger partial charge is 0.422 e. The highest BCUT2D eigenvalue weighted by atomic mass is 19.4. The first kappa shape index (κ1) is 15.8. The largest absolute Gasteiger partial charge is 0.466 e. The number of ether oxygens (including phenoxy) is 1. The minimum atomic E-state index is -4.47. The number of nitrogens with one attached hydrogen (secondary N) is 2. The number of amides is 1. The van der Waals surface area contributed by atoms with E-state index < -0.39 is 12.8 Å². The first-order valence-corrected chi connectivity index (χ1v) is 6.82. The molecule has 0 spiro atoms. The fourth-order valence-corrected chi connectivity index (χ4v) is 2.00. The average Bonchev–Trinajstić information content (AvgIpc) is 2.95. The first-order chi connectivity index (χ1) is 11.4. The van der Waals surface area contributed by atoms with Gasteiger partial charge in [-0.05, 0) is 18.2 Å². The zero-order chi connectivity index (χ0) is 17.2. The second-order valence-corrected chi connectivity index (χ2v) is 4.87. The molecule has 0 atom stereocenters. The predicted molar refractivity (Wildman–Crippen MR) is 79.8 cm³/mol. The number of aromatic amines is 1. The van der Waals surface area contributed by atoms with Gasteiger partial charge in [0.05, 0.1) is 17.3 Å². The summed E-state index contributed by atoms with van der Waals surface area (Å²) < 4.78 is 41.4. The van der Waals surface area contributed by atoms with E-state index in [0.29, 0.717) is 11.3 Å². The lowest BCUT2D eigenvalue weighted by molar-refractivity contribution is -0.153. The molecule has 3 aromatic rings. The molecule has 1 aromatic carbocycles. The molecule has 0 fully saturated rings. The highest BCUT2D eigenvalue weighted by Crippen LogP contribution is 2.26. The fourth-order valence-electron chi connectivity index (χ4n) is 2.00. The van der Waals surface area contributed by atoms with Crippen molar-refractivity contribution in [3.8, 4) is 5.88 Å². The molecule has 3 rings (SSSR count). The van der Waals surface area contributed by atoms with Gasteiger partial charge < -0.3 is 10.1 Å². The Morgan fingerprint density at radius 3 is 2.71 bits per heavy atom. The Hall–Kier alpha value is -3.10. The van der Waals surface area contributed by atoms with Crippen molar-refractivity contribution in [2.24, 2.45) is 0 Å². The Labute approximate surface area is 133 Å². The van der Waals surface area contributed by atoms with E-state index >= 15 is 0 Å². The maximum absolute atomic E-state index is 12.3. The van der Waals surface area contributed by atoms with Crippen molar-refractivity contribution in [1.82, 2.24) is 15.2 Å². The van der Waals surface area contributed by atoms with Crippen LogP contribution in [0.15, 0.2) is 42.6 Å². The molecule has 2 aromatic heterocycles. The van der Waals surface area contributed by atoms with E-state index in [-0.39, 0.29) is 22.8 Å². The predicted octanol–water partition coefficient (Wildman–Crippen LogP) is 3.15. The zero-order valence-corrected chi connectivity index (χ0v) is 12.1. The zero-order valence-electron chi connectivity index (χ0n) is 12.1. The summed E-state index contributed by atoms with van der Waals surface area (Å²) in [6, 6.07) is 9.93. The third kappa shape index (κ3) is 3.62. The number of carbonyl (C=O) groups excluding carboxylic acids is 1. The standard InChI is InChI=1S/C15H11F3N4O2/c16-15(17,18)8-24-14-11-6-10(7-19-12(11)21-22-14)20-13(23)9-4-2-1-3-5-9/h1-7H,8H2,(H,20,23)(H,19,21,22). The van der Waals surface area contributed by atoms with Crippen LogP contribution in [0, 0.1) is 0 Å². The van der Waals surface area contributed by atoms with E-state index in [1.165, 1.54) is 12.3 Å². The van der Waals surface area contributed by atoms with E-state index in [0.717, 1.165) is 0 Å². The number of nitrogens with zero attached hydrogens (tertiary/aromatic N) is 2. The number of halogens is 3. The number of hydrogen-bond donors (Lipinski definition) is 2. The minimum absolute atomic E-state index is 0.231. The van der Waals surface area contributed by atoms with Gasteiger partial charge in [0.15, 0.2) is 12.3 Å². The van der Waals surface area contributed by atoms with Gasteiger partial charge in [0.1, 0.15) is 0 Å². The molecule has 24 heavy (non-hydrogen) atoms. The van der Waals surface area contributed by atoms with Crippen molar-refractivity contribution in [1.29, 1.82) is 0 Å². The highest BCUT2D eigenvalue weighted by molar-refractivity contribution is 6.04. The maximum Gasteiger partial charge on any atom is 0.422 e. The van der Waals surface area contributed by atoms with Crippen molar-refractivity contribution >= 4 is 22.6 Å². The Morgan fingerprint density at radius 2 is 2.00 bits per heavy atom. The van der Waals surface area contributed by atoms with Gasteiger partial charge in [0.2, 0.25) is 5.88 Å². The van der Waals surface area contributed by atoms with Crippen molar-refractivity contribution in [2.75, 3.05) is 11.9 Å². The molecular formula is C15H11F3N4O2. The van der Waals surface area contributed by atoms with Crippen LogP contribution in [0.4, 0.5) is 18.9 Å². The van der Waals surface area contributed by atoms with E-state index in [1.807, 2.05) is 0 Å². The van der Waals surface area contributed by atoms with Crippen LogP contribution < -0.4 is 10.1 Å². The highest BCUT2D eigenvalue weighted by Gasteiger charge is 2.29. The van der Waals surface area contributed by atoms with E-state index in [4.69, 9.17) is 0 Å². The Morgan fingerprint density at radius 1 is 1.25 bits per heavy atom. The van der Waals surface area contributed by atoms with Crippen LogP contribution in [0.3, 0.4) is 0 Å². The number of benzene rings is 1. The van der Waals surface area contributed by atoms with E-state index in [9.17, 15) is 18.0 Å². The molecular weight excluding hydrogens is 325 g/mol. The number of aromatic nitrogens is 3. The minimum Gasteiger partial charge on any atom is -0.466 e. The van der Waals surface area contributed by atoms with Gasteiger partial charge in [-0.2, -0.15) is 13.2 Å². The van der Waals surface area contributed by atoms with Crippen LogP contribution in [0.5, 0.6) is 5.88 Å². The second-order valence-electron chi connectivity index (χ2n) is 4.87. The molecule has 0 aliphatic carbocycles. The summed E-state index contributed by atoms with van der Waals surface area (Å²) in [4.78, 5) is 16.1. The summed E-state index contributed by atoms with van der Waals surface area (Å²) in [5.74, 6) is -0.594. The average molecular weight is 336 g/mol. The number of alkyl halides is 3. The lowest BCUT2D eigenvalue weighted by atomic mass is 10.2. The normalized spacial score (nSPS) is 11.5. The number of H-pyrrole nitrogens is 1. The lowest BCUT2D eigenvalue weighted by Gasteiger charge is -2.07. The van der Waals surface area contributed by atoms with Crippen molar-refractivity contribution in [2.45, 2.75) is 6.18 Å². The van der Waals surface area contributed by atoms with Crippen molar-refractivity contribution < 1.29 is 22.7 Å². The summed E-state index contributed by atoms with van der Waals surface area (Å²) in [6.45, 7) is -1.46. The molecule has 0 saturated heterocycles. The van der Waals surface area contributed by atoms with Crippen LogP contribution in [-0.4, -0.2) is 33.9 Å². The molecule has 0 radical (unpaired) electrons. The Bertz CT molecular complexity index is 862. The number of carbonyl (C=O) groups is 1. The number of pyridine rings is 1. The van der Waals surface area contributed by atoms with Gasteiger partial charge in [0, 0.05) is 5.56 Å². The number of rotatable bonds is 4. The summed E-state index contributed by atoms with van der Waals surface area (Å²) in [7, 11) is 0. The number of fused-ring (bicyclic) bond motifs is 1. The molecule has 0 bridgehead atoms. The molecule has 0 aliphatic heterocycles. The van der Waals surface area contributed by atoms with Crippen molar-refractivity contribution in [3.05, 3.63) is 48.2 Å². The monoisotopic (exact) mass is 336 g/mol. The van der Waals surface area contributed by atoms with Gasteiger partial charge in [-0.25, -0.2) is 4.98 Å². The maximum atomic E-state index is 12.3. The van der Waals surface area contributed by atoms with E-state index in [1.54, 1.807) is 30.3 Å². The Kier molecular flexibility index (Phi) is 4.07. The SMILES string of the molecule is O=C(Nc1cnc2[nH]nc(OCC(F)(F)F)c2c1)c1ccccc1. The van der Waals surface area contributed by atoms with Crippen LogP contribution >= 0.6 is 0 Å². The van der Waals surface area contributed by atoms with Gasteiger partial charge in [0.25, 0.3) is 5.91 Å². The molecule has 0 unspecified atom stereocenters. The Balaban J connectivity index is 1.81. The van der Waals surface area contributed by atoms with Gasteiger partial charge in [-0.1, -0.05) is 18.2 Å². The fraction of sp³-hybridized carbons (Fsp3) is 0.133. The molecule has 6 nitrogen and oxygen atoms in total. The van der Waals surface area contributed by atoms with Crippen LogP contribution in [0.2, 0.25) is 0 Å². The van der Waals surface area contributed by atoms with Crippen LogP contribution in [-0.2, 0) is 0 Å². The van der Waals surface area contributed by atoms with Gasteiger partial charge >= 0.3 is 6.18 Å². The number of hydrogen-bond acceptors (Lipinski definition) is 4. The molecule has 0 saturated carbocycles. The third-order valence-electron chi connectivity index (χ3n) is 3.05. The second kappa shape index (κ2) is 6.19. The lowest BCUT2D eigenvalue weighted by Crippen LogP contribution is -2.19. The van der Waals surface area contributed by atoms with E-state index in [2.05, 4.69) is 25.2 Å². The molecule has 9 heteroatoms. The van der Waals surface area contributed by atoms with Crippen molar-refractivity contribution in [3.63, 3.8) is 0 Å². The molecule has 1 amide bonds. The third-order valence-corrected chi connectivity index (χ3v) is 3.05. The quantitative estimate of drug-likeness (QED) is 0.767. The summed E-state index contributed by atoms with van der Waals surface area (Å²) in [5, 5.41) is 8.98. The van der Waals surface area contributed by atoms with Crippen LogP contribution in [0.1, 0.15) is 10.4 Å². The van der Waals surface area contributed by atoms with Crippen LogP contribution in [0.25, 0.3) is 11.0 Å². The van der Waals surface area contributed by atoms with Gasteiger partial charge in [-0.15, -0.1) is 5.10 Å². The summed E-state index contributed by atoms with van der Waals surface area (Å²) >= 11 is 0. The first-order valence-electron chi connectivity index (χ1n) is 6.82. The molecule has 0 aliphatic rings. The molecule has 124 valence electrons. The topological polar surface area (TPSA) is 79.9 Å². The number of anilines is 1. The molecule has 2 heterocycles. The van der Waals surface area contributed by atoms with Gasteiger partial charge in [-0.3, -0.25) is 9.89 Å². The summed E-state index contributed by atoms with van der Waals surface area (Å²) in [5.41, 5.74) is 1.01. The summed E-state index contributed by atoms with van der Waals surface area (Å²) in [6.07, 6.45) is -3.10. The molecule has 2 N–H and O–H groups in total.